The van der Waals surface area contributed by atoms with Crippen LogP contribution < -0.4 is 0 Å². The Bertz CT molecular complexity index is 1060. The van der Waals surface area contributed by atoms with Gasteiger partial charge in [-0.3, -0.25) is 14.4 Å². The van der Waals surface area contributed by atoms with Gasteiger partial charge in [-0.15, -0.1) is 0 Å². The molecule has 0 N–H and O–H groups in total. The second-order valence-corrected chi connectivity index (χ2v) is 12.7. The predicted octanol–water partition coefficient (Wildman–Crippen LogP) is 8.38. The lowest BCUT2D eigenvalue weighted by Gasteiger charge is -2.37. The van der Waals surface area contributed by atoms with Crippen LogP contribution in [0, 0.1) is 28.6 Å². The first-order valence-corrected chi connectivity index (χ1v) is 13.6. The third kappa shape index (κ3) is 6.33. The summed E-state index contributed by atoms with van der Waals surface area (Å²) in [6, 6.07) is 8.50. The molecule has 3 nitrogen and oxygen atoms in total. The number of hydrogen-bond donors (Lipinski definition) is 0. The average Bonchev–Trinajstić information content (AvgIpc) is 3.13. The van der Waals surface area contributed by atoms with Gasteiger partial charge in [-0.1, -0.05) is 91.3 Å². The van der Waals surface area contributed by atoms with Crippen molar-refractivity contribution in [3.8, 4) is 0 Å². The molecule has 0 heterocycles. The largest absolute Gasteiger partial charge is 0.300 e. The number of carbonyl (C=O) groups is 3. The molecule has 4 unspecified atom stereocenters. The maximum atomic E-state index is 14.0. The molecule has 0 fully saturated rings. The van der Waals surface area contributed by atoms with Gasteiger partial charge in [-0.05, 0) is 66.7 Å². The van der Waals surface area contributed by atoms with Crippen molar-refractivity contribution in [3.05, 3.63) is 52.6 Å². The van der Waals surface area contributed by atoms with Crippen molar-refractivity contribution in [1.82, 2.24) is 0 Å². The Hall–Kier alpha value is -2.29. The van der Waals surface area contributed by atoms with E-state index < -0.39 is 5.92 Å². The molecule has 0 aromatic heterocycles. The summed E-state index contributed by atoms with van der Waals surface area (Å²) in [5.41, 5.74) is 4.77. The van der Waals surface area contributed by atoms with Crippen molar-refractivity contribution < 1.29 is 14.4 Å². The minimum Gasteiger partial charge on any atom is -0.300 e. The van der Waals surface area contributed by atoms with E-state index in [9.17, 15) is 14.4 Å². The van der Waals surface area contributed by atoms with Crippen LogP contribution in [0.2, 0.25) is 0 Å². The molecule has 0 amide bonds. The van der Waals surface area contributed by atoms with Crippen LogP contribution in [0.4, 0.5) is 0 Å². The lowest BCUT2D eigenvalue weighted by Crippen LogP contribution is -2.37. The number of Topliss-reactive ketones (excluding diaryl/α,β-unsaturated/α-hetero) is 3. The van der Waals surface area contributed by atoms with E-state index in [0.717, 1.165) is 12.0 Å². The van der Waals surface area contributed by atoms with Crippen LogP contribution in [0.15, 0.2) is 41.5 Å². The Morgan fingerprint density at radius 3 is 2.03 bits per heavy atom. The van der Waals surface area contributed by atoms with Gasteiger partial charge in [-0.25, -0.2) is 0 Å². The van der Waals surface area contributed by atoms with E-state index in [4.69, 9.17) is 0 Å². The molecule has 1 aromatic rings. The Balaban J connectivity index is 2.36. The predicted molar refractivity (Wildman–Crippen MR) is 151 cm³/mol. The van der Waals surface area contributed by atoms with Gasteiger partial charge in [-0.2, -0.15) is 0 Å². The number of fused-ring (bicyclic) bond motifs is 1. The first-order chi connectivity index (χ1) is 16.5. The molecule has 0 spiro atoms. The fourth-order valence-electron chi connectivity index (χ4n) is 5.82. The van der Waals surface area contributed by atoms with Gasteiger partial charge >= 0.3 is 0 Å². The first-order valence-electron chi connectivity index (χ1n) is 13.6. The third-order valence-corrected chi connectivity index (χ3v) is 8.60. The van der Waals surface area contributed by atoms with Crippen LogP contribution in [0.3, 0.4) is 0 Å². The molecule has 198 valence electrons. The van der Waals surface area contributed by atoms with E-state index in [1.807, 2.05) is 41.5 Å². The summed E-state index contributed by atoms with van der Waals surface area (Å²) in [4.78, 5) is 39.4. The zero-order valence-corrected chi connectivity index (χ0v) is 24.5. The lowest BCUT2D eigenvalue weighted by atomic mass is 9.65. The Kier molecular flexibility index (Phi) is 9.48. The maximum absolute atomic E-state index is 14.0. The number of allylic oxidation sites excluding steroid dienone is 4. The summed E-state index contributed by atoms with van der Waals surface area (Å²) < 4.78 is 0. The molecule has 1 aromatic carbocycles. The van der Waals surface area contributed by atoms with E-state index in [1.54, 1.807) is 6.92 Å². The van der Waals surface area contributed by atoms with Gasteiger partial charge in [0.1, 0.15) is 11.6 Å². The van der Waals surface area contributed by atoms with Crippen molar-refractivity contribution in [2.24, 2.45) is 28.6 Å². The molecule has 2 rings (SSSR count). The van der Waals surface area contributed by atoms with Crippen molar-refractivity contribution >= 4 is 22.9 Å². The Morgan fingerprint density at radius 2 is 1.50 bits per heavy atom. The van der Waals surface area contributed by atoms with Gasteiger partial charge in [0.15, 0.2) is 5.78 Å². The SMILES string of the molecule is CCC(C(=O)CC(C(=O)/C(C)=C(\C)CC(C)C(C)=O)C(C)(C)C)C(C)(C)C1=CC(C)c2ccccc21. The Morgan fingerprint density at radius 1 is 0.917 bits per heavy atom. The zero-order valence-electron chi connectivity index (χ0n) is 24.5. The van der Waals surface area contributed by atoms with Crippen LogP contribution in [0.1, 0.15) is 112 Å². The van der Waals surface area contributed by atoms with E-state index in [0.29, 0.717) is 17.9 Å². The highest BCUT2D eigenvalue weighted by Gasteiger charge is 2.42. The molecule has 0 saturated heterocycles. The van der Waals surface area contributed by atoms with Crippen molar-refractivity contribution in [3.63, 3.8) is 0 Å². The minimum atomic E-state index is -0.402. The normalized spacial score (nSPS) is 19.1. The standard InChI is InChI=1S/C33H48O3/c1-12-27(33(10,11)28-18-22(4)25-15-13-14-16-26(25)28)30(35)19-29(32(7,8)9)31(36)23(5)20(2)17-21(3)24(6)34/h13-16,18,21-22,27,29H,12,17,19H2,1-11H3/b23-20+. The quantitative estimate of drug-likeness (QED) is 0.291. The van der Waals surface area contributed by atoms with Gasteiger partial charge in [0.05, 0.1) is 0 Å². The molecule has 1 aliphatic carbocycles. The summed E-state index contributed by atoms with van der Waals surface area (Å²) in [6.07, 6.45) is 3.86. The van der Waals surface area contributed by atoms with E-state index >= 15 is 0 Å². The minimum absolute atomic E-state index is 0.0378. The summed E-state index contributed by atoms with van der Waals surface area (Å²) in [5.74, 6) is -0.0312. The van der Waals surface area contributed by atoms with Gasteiger partial charge < -0.3 is 0 Å². The van der Waals surface area contributed by atoms with Gasteiger partial charge in [0.2, 0.25) is 0 Å². The van der Waals surface area contributed by atoms with Gasteiger partial charge in [0.25, 0.3) is 0 Å². The third-order valence-electron chi connectivity index (χ3n) is 8.60. The molecule has 3 heteroatoms. The Labute approximate surface area is 219 Å². The average molecular weight is 493 g/mol. The molecule has 0 radical (unpaired) electrons. The van der Waals surface area contributed by atoms with Crippen LogP contribution in [-0.2, 0) is 14.4 Å². The molecule has 0 aliphatic heterocycles. The highest BCUT2D eigenvalue weighted by atomic mass is 16.1. The number of hydrogen-bond acceptors (Lipinski definition) is 3. The summed E-state index contributed by atoms with van der Waals surface area (Å²) in [5, 5.41) is 0. The molecule has 36 heavy (non-hydrogen) atoms. The molecule has 4 atom stereocenters. The number of ketones is 3. The van der Waals surface area contributed by atoms with Crippen molar-refractivity contribution in [2.75, 3.05) is 0 Å². The highest BCUT2D eigenvalue weighted by Crippen LogP contribution is 2.50. The second kappa shape index (κ2) is 11.4. The number of rotatable bonds is 11. The van der Waals surface area contributed by atoms with E-state index in [1.165, 1.54) is 16.7 Å². The van der Waals surface area contributed by atoms with Crippen LogP contribution in [-0.4, -0.2) is 17.3 Å². The second-order valence-electron chi connectivity index (χ2n) is 12.7. The topological polar surface area (TPSA) is 51.2 Å². The fraction of sp³-hybridized carbons (Fsp3) is 0.606. The zero-order chi connectivity index (χ0) is 27.6. The molecular formula is C33H48O3. The first kappa shape index (κ1) is 29.9. The smallest absolute Gasteiger partial charge is 0.162 e. The van der Waals surface area contributed by atoms with Gasteiger partial charge in [0, 0.05) is 30.1 Å². The van der Waals surface area contributed by atoms with Crippen molar-refractivity contribution in [2.45, 2.75) is 101 Å². The molecule has 0 bridgehead atoms. The fourth-order valence-corrected chi connectivity index (χ4v) is 5.82. The highest BCUT2D eigenvalue weighted by molar-refractivity contribution is 6.00. The van der Waals surface area contributed by atoms with Crippen molar-refractivity contribution in [1.29, 1.82) is 0 Å². The summed E-state index contributed by atoms with van der Waals surface area (Å²) >= 11 is 0. The van der Waals surface area contributed by atoms with Crippen LogP contribution in [0.25, 0.3) is 5.57 Å². The van der Waals surface area contributed by atoms with Crippen LogP contribution >= 0.6 is 0 Å². The molecule has 1 aliphatic rings. The maximum Gasteiger partial charge on any atom is 0.162 e. The van der Waals surface area contributed by atoms with E-state index in [2.05, 4.69) is 58.0 Å². The van der Waals surface area contributed by atoms with Crippen LogP contribution in [0.5, 0.6) is 0 Å². The lowest BCUT2D eigenvalue weighted by molar-refractivity contribution is -0.132. The molecule has 0 saturated carbocycles. The number of carbonyl (C=O) groups excluding carboxylic acids is 3. The monoisotopic (exact) mass is 492 g/mol. The summed E-state index contributed by atoms with van der Waals surface area (Å²) in [6.45, 7) is 22.1. The van der Waals surface area contributed by atoms with E-state index in [-0.39, 0.29) is 46.4 Å². The molecular weight excluding hydrogens is 444 g/mol. The number of benzene rings is 1. The summed E-state index contributed by atoms with van der Waals surface area (Å²) in [7, 11) is 0.